The van der Waals surface area contributed by atoms with Crippen LogP contribution in [0.1, 0.15) is 12.8 Å². The molecule has 1 N–H and O–H groups in total. The maximum Gasteiger partial charge on any atom is 0.248 e. The number of nitrogens with zero attached hydrogens (tertiary/aromatic N) is 1. The molecule has 0 bridgehead atoms. The van der Waals surface area contributed by atoms with E-state index in [2.05, 4.69) is 0 Å². The minimum atomic E-state index is -0.225. The fourth-order valence-corrected chi connectivity index (χ4v) is 1.33. The lowest BCUT2D eigenvalue weighted by atomic mass is 10.1. The molecular weight excluding hydrogens is 158 g/mol. The van der Waals surface area contributed by atoms with E-state index < -0.39 is 0 Å². The molecule has 4 heteroatoms. The highest BCUT2D eigenvalue weighted by Crippen LogP contribution is 2.09. The average molecular weight is 173 g/mol. The number of aliphatic hydroxyl groups is 1. The zero-order valence-electron chi connectivity index (χ0n) is 7.32. The Morgan fingerprint density at radius 3 is 2.67 bits per heavy atom. The van der Waals surface area contributed by atoms with Crippen molar-refractivity contribution < 1.29 is 14.6 Å². The van der Waals surface area contributed by atoms with Crippen LogP contribution in [0, 0.1) is 0 Å². The lowest BCUT2D eigenvalue weighted by Gasteiger charge is -2.29. The Morgan fingerprint density at radius 1 is 1.58 bits per heavy atom. The third-order valence-corrected chi connectivity index (χ3v) is 2.08. The van der Waals surface area contributed by atoms with Crippen molar-refractivity contribution >= 4 is 5.91 Å². The van der Waals surface area contributed by atoms with Crippen LogP contribution in [0.4, 0.5) is 0 Å². The van der Waals surface area contributed by atoms with Gasteiger partial charge in [-0.15, -0.1) is 0 Å². The number of amides is 1. The number of methoxy groups -OCH3 is 1. The van der Waals surface area contributed by atoms with E-state index in [1.54, 1.807) is 4.90 Å². The maximum atomic E-state index is 11.2. The zero-order valence-corrected chi connectivity index (χ0v) is 7.32. The molecule has 1 aliphatic rings. The maximum absolute atomic E-state index is 11.2. The third kappa shape index (κ3) is 2.46. The summed E-state index contributed by atoms with van der Waals surface area (Å²) in [6.07, 6.45) is 1.15. The van der Waals surface area contributed by atoms with Crippen molar-refractivity contribution in [2.24, 2.45) is 0 Å². The fourth-order valence-electron chi connectivity index (χ4n) is 1.33. The monoisotopic (exact) mass is 173 g/mol. The van der Waals surface area contributed by atoms with Crippen LogP contribution in [-0.4, -0.2) is 48.8 Å². The van der Waals surface area contributed by atoms with Gasteiger partial charge in [0.1, 0.15) is 6.61 Å². The van der Waals surface area contributed by atoms with Crippen LogP contribution in [0.2, 0.25) is 0 Å². The number of rotatable bonds is 2. The first-order chi connectivity index (χ1) is 5.74. The van der Waals surface area contributed by atoms with Crippen molar-refractivity contribution in [3.05, 3.63) is 0 Å². The van der Waals surface area contributed by atoms with Gasteiger partial charge in [-0.25, -0.2) is 0 Å². The molecule has 1 amide bonds. The van der Waals surface area contributed by atoms with Crippen LogP contribution in [0.15, 0.2) is 0 Å². The first-order valence-electron chi connectivity index (χ1n) is 4.19. The molecule has 1 heterocycles. The van der Waals surface area contributed by atoms with Crippen LogP contribution in [-0.2, 0) is 9.53 Å². The summed E-state index contributed by atoms with van der Waals surface area (Å²) in [5, 5.41) is 9.17. The van der Waals surface area contributed by atoms with Gasteiger partial charge in [0.2, 0.25) is 5.91 Å². The molecule has 1 rings (SSSR count). The van der Waals surface area contributed by atoms with Crippen molar-refractivity contribution in [2.45, 2.75) is 18.9 Å². The van der Waals surface area contributed by atoms with Gasteiger partial charge in [0, 0.05) is 20.2 Å². The molecule has 0 saturated carbocycles. The van der Waals surface area contributed by atoms with E-state index in [0.717, 1.165) is 0 Å². The summed E-state index contributed by atoms with van der Waals surface area (Å²) in [6, 6.07) is 0. The molecule has 0 atom stereocenters. The van der Waals surface area contributed by atoms with Crippen molar-refractivity contribution in [3.8, 4) is 0 Å². The molecule has 0 aliphatic carbocycles. The number of ether oxygens (including phenoxy) is 1. The van der Waals surface area contributed by atoms with Crippen molar-refractivity contribution in [2.75, 3.05) is 26.8 Å². The molecule has 4 nitrogen and oxygen atoms in total. The lowest BCUT2D eigenvalue weighted by molar-refractivity contribution is -0.137. The molecule has 1 fully saturated rings. The van der Waals surface area contributed by atoms with Crippen molar-refractivity contribution in [3.63, 3.8) is 0 Å². The van der Waals surface area contributed by atoms with Gasteiger partial charge in [0.05, 0.1) is 6.10 Å². The van der Waals surface area contributed by atoms with Crippen molar-refractivity contribution in [1.82, 2.24) is 4.90 Å². The van der Waals surface area contributed by atoms with Crippen molar-refractivity contribution in [1.29, 1.82) is 0 Å². The summed E-state index contributed by atoms with van der Waals surface area (Å²) >= 11 is 0. The minimum Gasteiger partial charge on any atom is -0.393 e. The summed E-state index contributed by atoms with van der Waals surface area (Å²) in [5.41, 5.74) is 0. The van der Waals surface area contributed by atoms with Crippen LogP contribution in [0.3, 0.4) is 0 Å². The van der Waals surface area contributed by atoms with Crippen LogP contribution >= 0.6 is 0 Å². The summed E-state index contributed by atoms with van der Waals surface area (Å²) in [7, 11) is 1.51. The molecule has 0 aromatic heterocycles. The van der Waals surface area contributed by atoms with Crippen LogP contribution in [0.25, 0.3) is 0 Å². The normalized spacial score (nSPS) is 19.7. The van der Waals surface area contributed by atoms with E-state index >= 15 is 0 Å². The molecule has 0 spiro atoms. The number of carbonyl (C=O) groups is 1. The second-order valence-electron chi connectivity index (χ2n) is 3.04. The molecule has 0 aromatic carbocycles. The van der Waals surface area contributed by atoms with Gasteiger partial charge in [-0.1, -0.05) is 0 Å². The smallest absolute Gasteiger partial charge is 0.248 e. The molecule has 0 unspecified atom stereocenters. The SMILES string of the molecule is COCC(=O)N1CCC(O)CC1. The molecule has 1 saturated heterocycles. The average Bonchev–Trinajstić information content (AvgIpc) is 2.06. The standard InChI is InChI=1S/C8H15NO3/c1-12-6-8(11)9-4-2-7(10)3-5-9/h7,10H,2-6H2,1H3. The molecule has 70 valence electrons. The Balaban J connectivity index is 2.29. The quantitative estimate of drug-likeness (QED) is 0.619. The van der Waals surface area contributed by atoms with Gasteiger partial charge in [-0.3, -0.25) is 4.79 Å². The lowest BCUT2D eigenvalue weighted by Crippen LogP contribution is -2.41. The number of hydrogen-bond acceptors (Lipinski definition) is 3. The molecular formula is C8H15NO3. The number of piperidine rings is 1. The van der Waals surface area contributed by atoms with E-state index in [9.17, 15) is 4.79 Å². The summed E-state index contributed by atoms with van der Waals surface area (Å²) in [4.78, 5) is 13.0. The van der Waals surface area contributed by atoms with Gasteiger partial charge in [-0.2, -0.15) is 0 Å². The predicted octanol–water partition coefficient (Wildman–Crippen LogP) is -0.384. The highest BCUT2D eigenvalue weighted by atomic mass is 16.5. The molecule has 1 aliphatic heterocycles. The molecule has 12 heavy (non-hydrogen) atoms. The number of likely N-dealkylation sites (tertiary alicyclic amines) is 1. The van der Waals surface area contributed by atoms with Gasteiger partial charge in [0.25, 0.3) is 0 Å². The Labute approximate surface area is 72.1 Å². The Bertz CT molecular complexity index is 152. The number of hydrogen-bond donors (Lipinski definition) is 1. The minimum absolute atomic E-state index is 0.0180. The summed E-state index contributed by atoms with van der Waals surface area (Å²) < 4.78 is 4.73. The van der Waals surface area contributed by atoms with Gasteiger partial charge >= 0.3 is 0 Å². The predicted molar refractivity (Wildman–Crippen MR) is 43.7 cm³/mol. The van der Waals surface area contributed by atoms with E-state index in [-0.39, 0.29) is 18.6 Å². The number of carbonyl (C=O) groups excluding carboxylic acids is 1. The highest BCUT2D eigenvalue weighted by Gasteiger charge is 2.20. The molecule has 0 aromatic rings. The Morgan fingerprint density at radius 2 is 2.17 bits per heavy atom. The zero-order chi connectivity index (χ0) is 8.97. The second kappa shape index (κ2) is 4.42. The van der Waals surface area contributed by atoms with E-state index in [1.807, 2.05) is 0 Å². The summed E-state index contributed by atoms with van der Waals surface area (Å²) in [5.74, 6) is 0.0180. The first kappa shape index (κ1) is 9.48. The van der Waals surface area contributed by atoms with E-state index in [4.69, 9.17) is 9.84 Å². The molecule has 0 radical (unpaired) electrons. The largest absolute Gasteiger partial charge is 0.393 e. The number of aliphatic hydroxyl groups excluding tert-OH is 1. The van der Waals surface area contributed by atoms with E-state index in [0.29, 0.717) is 25.9 Å². The summed E-state index contributed by atoms with van der Waals surface area (Å²) in [6.45, 7) is 1.46. The Hall–Kier alpha value is -0.610. The fraction of sp³-hybridized carbons (Fsp3) is 0.875. The van der Waals surface area contributed by atoms with Crippen LogP contribution < -0.4 is 0 Å². The highest BCUT2D eigenvalue weighted by molar-refractivity contribution is 5.77. The first-order valence-corrected chi connectivity index (χ1v) is 4.19. The topological polar surface area (TPSA) is 49.8 Å². The van der Waals surface area contributed by atoms with E-state index in [1.165, 1.54) is 7.11 Å². The Kier molecular flexibility index (Phi) is 3.49. The second-order valence-corrected chi connectivity index (χ2v) is 3.04. The van der Waals surface area contributed by atoms with Gasteiger partial charge in [-0.05, 0) is 12.8 Å². The van der Waals surface area contributed by atoms with Gasteiger partial charge < -0.3 is 14.7 Å². The third-order valence-electron chi connectivity index (χ3n) is 2.08. The van der Waals surface area contributed by atoms with Gasteiger partial charge in [0.15, 0.2) is 0 Å². The van der Waals surface area contributed by atoms with Crippen LogP contribution in [0.5, 0.6) is 0 Å².